The molecule has 8 N–H and O–H groups in total. The molecule has 3 aliphatic heterocycles. The van der Waals surface area contributed by atoms with Gasteiger partial charge in [0.15, 0.2) is 10.8 Å². The molecule has 18 heteroatoms. The fourth-order valence-electron chi connectivity index (χ4n) is 4.76. The standard InChI is InChI=1S/C27H33N9O8S/c28-22(31-15-5-7-30-8-6-15)14-1-3-16(4-2-14)43-12-19(25(39)40)44-35-21(18-13-45-26(29)33-18)24(38)34-20-17(32-23(20)37)11-36-9-10-42-27(36)41/h1-4,13,15,17,19-20,30H,5-12H2,(H2,28,31)(H2,29,33)(H,32,37)(H,34,38)(H,39,40)/b35-21-/t17-,19?,20+/m1/s1. The van der Waals surface area contributed by atoms with Gasteiger partial charge in [-0.15, -0.1) is 11.3 Å². The van der Waals surface area contributed by atoms with Crippen LogP contribution in [-0.2, 0) is 24.0 Å². The number of cyclic esters (lactones) is 1. The number of amidine groups is 1. The summed E-state index contributed by atoms with van der Waals surface area (Å²) in [5.74, 6) is -1.98. The van der Waals surface area contributed by atoms with Gasteiger partial charge in [-0.2, -0.15) is 0 Å². The molecule has 0 spiro atoms. The Labute approximate surface area is 261 Å². The number of nitrogen functional groups attached to an aromatic ring is 1. The number of rotatable bonds is 13. The molecule has 0 aliphatic carbocycles. The molecule has 3 atom stereocenters. The van der Waals surface area contributed by atoms with Gasteiger partial charge < -0.3 is 51.7 Å². The number of piperidine rings is 1. The Kier molecular flexibility index (Phi) is 9.93. The molecule has 45 heavy (non-hydrogen) atoms. The number of ether oxygens (including phenoxy) is 2. The van der Waals surface area contributed by atoms with E-state index in [0.717, 1.165) is 37.3 Å². The number of aromatic nitrogens is 1. The van der Waals surface area contributed by atoms with Gasteiger partial charge in [-0.05, 0) is 50.2 Å². The van der Waals surface area contributed by atoms with E-state index >= 15 is 0 Å². The zero-order valence-corrected chi connectivity index (χ0v) is 24.8. The maximum Gasteiger partial charge on any atom is 0.410 e. The Morgan fingerprint density at radius 2 is 2.00 bits per heavy atom. The number of nitrogens with two attached hydrogens (primary N) is 2. The van der Waals surface area contributed by atoms with Gasteiger partial charge in [0, 0.05) is 17.5 Å². The first-order valence-electron chi connectivity index (χ1n) is 14.2. The highest BCUT2D eigenvalue weighted by molar-refractivity contribution is 7.13. The highest BCUT2D eigenvalue weighted by atomic mass is 32.1. The Balaban J connectivity index is 1.22. The van der Waals surface area contributed by atoms with Crippen LogP contribution >= 0.6 is 11.3 Å². The average Bonchev–Trinajstić information content (AvgIpc) is 3.65. The van der Waals surface area contributed by atoms with E-state index in [9.17, 15) is 24.3 Å². The van der Waals surface area contributed by atoms with Gasteiger partial charge in [0.05, 0.1) is 18.6 Å². The van der Waals surface area contributed by atoms with Crippen molar-refractivity contribution in [3.05, 3.63) is 40.9 Å². The van der Waals surface area contributed by atoms with Crippen molar-refractivity contribution in [2.75, 3.05) is 45.1 Å². The van der Waals surface area contributed by atoms with Crippen LogP contribution in [0.15, 0.2) is 39.8 Å². The van der Waals surface area contributed by atoms with E-state index in [1.54, 1.807) is 24.3 Å². The number of nitrogens with one attached hydrogen (secondary N) is 3. The molecule has 5 rings (SSSR count). The summed E-state index contributed by atoms with van der Waals surface area (Å²) in [7, 11) is 0. The number of hydrogen-bond acceptors (Lipinski definition) is 13. The zero-order chi connectivity index (χ0) is 31.9. The largest absolute Gasteiger partial charge is 0.489 e. The summed E-state index contributed by atoms with van der Waals surface area (Å²) in [6.45, 7) is 2.05. The number of hydrogen-bond donors (Lipinski definition) is 6. The zero-order valence-electron chi connectivity index (χ0n) is 24.0. The van der Waals surface area contributed by atoms with E-state index in [4.69, 9.17) is 25.8 Å². The molecule has 1 aromatic carbocycles. The number of carboxylic acids is 1. The Hall–Kier alpha value is -4.97. The van der Waals surface area contributed by atoms with Gasteiger partial charge in [-0.3, -0.25) is 14.6 Å². The first-order chi connectivity index (χ1) is 21.7. The summed E-state index contributed by atoms with van der Waals surface area (Å²) in [4.78, 5) is 64.5. The Morgan fingerprint density at radius 1 is 1.24 bits per heavy atom. The van der Waals surface area contributed by atoms with Crippen molar-refractivity contribution >= 4 is 51.9 Å². The second-order valence-corrected chi connectivity index (χ2v) is 11.3. The van der Waals surface area contributed by atoms with Crippen molar-refractivity contribution in [3.8, 4) is 5.75 Å². The number of nitrogens with zero attached hydrogens (tertiary/aromatic N) is 4. The molecular weight excluding hydrogens is 610 g/mol. The monoisotopic (exact) mass is 643 g/mol. The lowest BCUT2D eigenvalue weighted by atomic mass is 9.98. The topological polar surface area (TPSA) is 245 Å². The third kappa shape index (κ3) is 7.95. The lowest BCUT2D eigenvalue weighted by molar-refractivity contribution is -0.152. The second-order valence-electron chi connectivity index (χ2n) is 10.4. The van der Waals surface area contributed by atoms with Gasteiger partial charge in [-0.25, -0.2) is 14.6 Å². The van der Waals surface area contributed by atoms with E-state index in [0.29, 0.717) is 23.7 Å². The molecule has 0 saturated carbocycles. The van der Waals surface area contributed by atoms with Crippen LogP contribution in [0.25, 0.3) is 0 Å². The number of carbonyl (C=O) groups excluding carboxylic acids is 3. The summed E-state index contributed by atoms with van der Waals surface area (Å²) in [6, 6.07) is 5.28. The van der Waals surface area contributed by atoms with Crippen molar-refractivity contribution in [2.24, 2.45) is 15.9 Å². The van der Waals surface area contributed by atoms with E-state index in [2.05, 4.69) is 31.1 Å². The minimum atomic E-state index is -1.61. The molecule has 3 amide bonds. The van der Waals surface area contributed by atoms with Crippen LogP contribution in [0.4, 0.5) is 9.93 Å². The van der Waals surface area contributed by atoms with Crippen molar-refractivity contribution in [1.29, 1.82) is 0 Å². The number of carboxylic acid groups (broad SMARTS) is 1. The van der Waals surface area contributed by atoms with Gasteiger partial charge in [0.1, 0.15) is 36.5 Å². The molecular formula is C27H33N9O8S. The van der Waals surface area contributed by atoms with Gasteiger partial charge in [0.2, 0.25) is 5.91 Å². The molecule has 1 aromatic heterocycles. The summed E-state index contributed by atoms with van der Waals surface area (Å²) >= 11 is 1.02. The molecule has 0 radical (unpaired) electrons. The molecule has 17 nitrogen and oxygen atoms in total. The number of thiazole rings is 1. The van der Waals surface area contributed by atoms with Crippen molar-refractivity contribution < 1.29 is 38.6 Å². The first kappa shape index (κ1) is 31.5. The predicted molar refractivity (Wildman–Crippen MR) is 161 cm³/mol. The number of aliphatic imine (C=N–C) groups is 1. The molecule has 3 saturated heterocycles. The number of anilines is 1. The highest BCUT2D eigenvalue weighted by Crippen LogP contribution is 2.17. The molecule has 3 aliphatic rings. The Morgan fingerprint density at radius 3 is 2.62 bits per heavy atom. The SMILES string of the molecule is NC(=NC1CCNCC1)c1ccc(OCC(O/N=C(\C(=O)N[C@@H]2C(=O)N[C@@H]2CN2CCOC2=O)c2csc(N)n2)C(=O)O)cc1. The van der Waals surface area contributed by atoms with E-state index in [-0.39, 0.29) is 30.0 Å². The van der Waals surface area contributed by atoms with Crippen molar-refractivity contribution in [3.63, 3.8) is 0 Å². The van der Waals surface area contributed by atoms with Crippen LogP contribution in [-0.4, -0.2) is 114 Å². The van der Waals surface area contributed by atoms with Crippen LogP contribution in [0.3, 0.4) is 0 Å². The van der Waals surface area contributed by atoms with Gasteiger partial charge >= 0.3 is 12.1 Å². The predicted octanol–water partition coefficient (Wildman–Crippen LogP) is -1.13. The summed E-state index contributed by atoms with van der Waals surface area (Å²) in [6.07, 6.45) is -0.310. The third-order valence-corrected chi connectivity index (χ3v) is 7.94. The molecule has 4 heterocycles. The van der Waals surface area contributed by atoms with Gasteiger partial charge in [-0.1, -0.05) is 5.16 Å². The number of aliphatic carboxylic acids is 1. The molecule has 240 valence electrons. The quantitative estimate of drug-likeness (QED) is 0.0657. The fraction of sp³-hybridized carbons (Fsp3) is 0.444. The number of oxime groups is 1. The van der Waals surface area contributed by atoms with E-state index in [1.165, 1.54) is 10.3 Å². The van der Waals surface area contributed by atoms with Crippen LogP contribution < -0.4 is 32.2 Å². The van der Waals surface area contributed by atoms with Crippen molar-refractivity contribution in [2.45, 2.75) is 37.1 Å². The summed E-state index contributed by atoms with van der Waals surface area (Å²) in [5.41, 5.74) is 12.2. The van der Waals surface area contributed by atoms with Crippen molar-refractivity contribution in [1.82, 2.24) is 25.8 Å². The lowest BCUT2D eigenvalue weighted by Gasteiger charge is -2.38. The number of amides is 3. The van der Waals surface area contributed by atoms with Crippen LogP contribution in [0.2, 0.25) is 0 Å². The third-order valence-electron chi connectivity index (χ3n) is 7.27. The Bertz CT molecular complexity index is 1470. The van der Waals surface area contributed by atoms with Crippen LogP contribution in [0, 0.1) is 0 Å². The minimum Gasteiger partial charge on any atom is -0.489 e. The smallest absolute Gasteiger partial charge is 0.410 e. The highest BCUT2D eigenvalue weighted by Gasteiger charge is 2.43. The maximum absolute atomic E-state index is 13.2. The molecule has 2 aromatic rings. The average molecular weight is 644 g/mol. The summed E-state index contributed by atoms with van der Waals surface area (Å²) in [5, 5.41) is 23.5. The second kappa shape index (κ2) is 14.2. The normalized spacial score (nSPS) is 21.4. The first-order valence-corrected chi connectivity index (χ1v) is 15.0. The maximum atomic E-state index is 13.2. The molecule has 3 fully saturated rings. The summed E-state index contributed by atoms with van der Waals surface area (Å²) < 4.78 is 10.5. The molecule has 0 bridgehead atoms. The minimum absolute atomic E-state index is 0.0128. The molecule has 1 unspecified atom stereocenters. The number of carbonyl (C=O) groups is 4. The number of benzene rings is 1. The van der Waals surface area contributed by atoms with E-state index in [1.807, 2.05) is 0 Å². The van der Waals surface area contributed by atoms with Gasteiger partial charge in [0.25, 0.3) is 12.0 Å². The number of β-lactam (4-membered cyclic amide) rings is 1. The van der Waals surface area contributed by atoms with E-state index < -0.39 is 54.4 Å². The fourth-order valence-corrected chi connectivity index (χ4v) is 5.31. The lowest BCUT2D eigenvalue weighted by Crippen LogP contribution is -2.72. The van der Waals surface area contributed by atoms with Crippen LogP contribution in [0.1, 0.15) is 24.1 Å². The van der Waals surface area contributed by atoms with Crippen LogP contribution in [0.5, 0.6) is 5.75 Å².